The minimum Gasteiger partial charge on any atom is -0.478 e. The molecular weight excluding hydrogens is 332 g/mol. The molecule has 0 fully saturated rings. The molecule has 0 heterocycles. The highest BCUT2D eigenvalue weighted by Crippen LogP contribution is 2.21. The number of nitrogens with one attached hydrogen (secondary N) is 1. The fourth-order valence-electron chi connectivity index (χ4n) is 1.65. The molecule has 2 aromatic carbocycles. The highest BCUT2D eigenvalue weighted by atomic mass is 79.9. The van der Waals surface area contributed by atoms with Crippen LogP contribution in [0.5, 0.6) is 0 Å². The minimum absolute atomic E-state index is 0.161. The van der Waals surface area contributed by atoms with E-state index in [1.807, 2.05) is 0 Å². The molecule has 2 rings (SSSR count). The van der Waals surface area contributed by atoms with Gasteiger partial charge < -0.3 is 10.4 Å². The summed E-state index contributed by atoms with van der Waals surface area (Å²) in [5.41, 5.74) is 1.10. The van der Waals surface area contributed by atoms with Gasteiger partial charge in [-0.25, -0.2) is 13.6 Å². The lowest BCUT2D eigenvalue weighted by atomic mass is 10.1. The second-order valence-electron chi connectivity index (χ2n) is 4.09. The molecule has 0 saturated heterocycles. The second kappa shape index (κ2) is 6.00. The highest BCUT2D eigenvalue weighted by molar-refractivity contribution is 9.10. The topological polar surface area (TPSA) is 49.3 Å². The van der Waals surface area contributed by atoms with Crippen LogP contribution < -0.4 is 5.32 Å². The predicted molar refractivity (Wildman–Crippen MR) is 74.8 cm³/mol. The van der Waals surface area contributed by atoms with Crippen LogP contribution in [0, 0.1) is 11.6 Å². The van der Waals surface area contributed by atoms with Crippen LogP contribution in [0.2, 0.25) is 0 Å². The van der Waals surface area contributed by atoms with Crippen LogP contribution in [0.4, 0.5) is 14.5 Å². The molecule has 2 aromatic rings. The van der Waals surface area contributed by atoms with Crippen molar-refractivity contribution in [3.8, 4) is 0 Å². The van der Waals surface area contributed by atoms with Crippen molar-refractivity contribution in [2.45, 2.75) is 6.54 Å². The molecule has 0 bridgehead atoms. The minimum atomic E-state index is -1.02. The van der Waals surface area contributed by atoms with E-state index in [1.54, 1.807) is 6.07 Å². The first-order valence-electron chi connectivity index (χ1n) is 5.68. The summed E-state index contributed by atoms with van der Waals surface area (Å²) in [6, 6.07) is 7.83. The summed E-state index contributed by atoms with van der Waals surface area (Å²) in [5, 5.41) is 11.7. The number of rotatable bonds is 4. The van der Waals surface area contributed by atoms with Crippen molar-refractivity contribution in [2.24, 2.45) is 0 Å². The van der Waals surface area contributed by atoms with Crippen molar-refractivity contribution < 1.29 is 18.7 Å². The van der Waals surface area contributed by atoms with Gasteiger partial charge in [0.15, 0.2) is 0 Å². The molecule has 0 amide bonds. The van der Waals surface area contributed by atoms with E-state index in [0.717, 1.165) is 17.7 Å². The lowest BCUT2D eigenvalue weighted by Gasteiger charge is -2.09. The Bertz CT molecular complexity index is 662. The zero-order valence-electron chi connectivity index (χ0n) is 10.2. The molecule has 3 nitrogen and oxygen atoms in total. The predicted octanol–water partition coefficient (Wildman–Crippen LogP) is 4.04. The smallest absolute Gasteiger partial charge is 0.335 e. The lowest BCUT2D eigenvalue weighted by molar-refractivity contribution is 0.0697. The Kier molecular flexibility index (Phi) is 4.34. The molecule has 0 spiro atoms. The zero-order chi connectivity index (χ0) is 14.7. The molecule has 0 unspecified atom stereocenters. The van der Waals surface area contributed by atoms with Crippen LogP contribution in [0.15, 0.2) is 40.9 Å². The van der Waals surface area contributed by atoms with Gasteiger partial charge in [-0.3, -0.25) is 0 Å². The van der Waals surface area contributed by atoms with Crippen LogP contribution in [0.25, 0.3) is 0 Å². The third kappa shape index (κ3) is 3.33. The number of carboxylic acid groups (broad SMARTS) is 1. The van der Waals surface area contributed by atoms with Gasteiger partial charge in [0, 0.05) is 17.1 Å². The van der Waals surface area contributed by atoms with Crippen molar-refractivity contribution in [3.63, 3.8) is 0 Å². The van der Waals surface area contributed by atoms with E-state index in [9.17, 15) is 13.6 Å². The van der Waals surface area contributed by atoms with Crippen LogP contribution in [0.3, 0.4) is 0 Å². The molecule has 0 aliphatic rings. The number of halogens is 3. The van der Waals surface area contributed by atoms with Crippen molar-refractivity contribution >= 4 is 27.6 Å². The zero-order valence-corrected chi connectivity index (χ0v) is 11.7. The van der Waals surface area contributed by atoms with Crippen LogP contribution in [0.1, 0.15) is 15.9 Å². The van der Waals surface area contributed by atoms with E-state index in [0.29, 0.717) is 4.47 Å². The first-order chi connectivity index (χ1) is 9.47. The summed E-state index contributed by atoms with van der Waals surface area (Å²) in [4.78, 5) is 10.8. The summed E-state index contributed by atoms with van der Waals surface area (Å²) in [6.07, 6.45) is 0. The molecule has 0 saturated carbocycles. The Morgan fingerprint density at radius 2 is 1.95 bits per heavy atom. The van der Waals surface area contributed by atoms with E-state index < -0.39 is 17.6 Å². The van der Waals surface area contributed by atoms with Gasteiger partial charge in [0.25, 0.3) is 0 Å². The van der Waals surface area contributed by atoms with Crippen LogP contribution in [-0.4, -0.2) is 11.1 Å². The molecule has 0 aromatic heterocycles. The number of anilines is 1. The summed E-state index contributed by atoms with van der Waals surface area (Å²) in [7, 11) is 0. The van der Waals surface area contributed by atoms with E-state index in [-0.39, 0.29) is 17.8 Å². The Balaban J connectivity index is 2.13. The SMILES string of the molecule is O=C(O)c1ccc(CNc2ccc(F)cc2F)c(Br)c1. The fraction of sp³-hybridized carbons (Fsp3) is 0.0714. The Labute approximate surface area is 122 Å². The maximum atomic E-state index is 13.4. The van der Waals surface area contributed by atoms with Gasteiger partial charge in [0.2, 0.25) is 0 Å². The van der Waals surface area contributed by atoms with Gasteiger partial charge in [-0.05, 0) is 29.8 Å². The van der Waals surface area contributed by atoms with Crippen molar-refractivity contribution in [1.29, 1.82) is 0 Å². The van der Waals surface area contributed by atoms with E-state index in [1.165, 1.54) is 18.2 Å². The van der Waals surface area contributed by atoms with Gasteiger partial charge in [0.1, 0.15) is 11.6 Å². The van der Waals surface area contributed by atoms with E-state index >= 15 is 0 Å². The normalized spacial score (nSPS) is 10.3. The monoisotopic (exact) mass is 341 g/mol. The fourth-order valence-corrected chi connectivity index (χ4v) is 2.17. The van der Waals surface area contributed by atoms with Gasteiger partial charge in [0.05, 0.1) is 11.3 Å². The quantitative estimate of drug-likeness (QED) is 0.882. The number of carbonyl (C=O) groups is 1. The molecule has 0 atom stereocenters. The van der Waals surface area contributed by atoms with Crippen LogP contribution in [-0.2, 0) is 6.54 Å². The van der Waals surface area contributed by atoms with E-state index in [2.05, 4.69) is 21.2 Å². The van der Waals surface area contributed by atoms with Gasteiger partial charge in [-0.15, -0.1) is 0 Å². The summed E-state index contributed by atoms with van der Waals surface area (Å²) in [6.45, 7) is 0.281. The highest BCUT2D eigenvalue weighted by Gasteiger charge is 2.08. The molecule has 104 valence electrons. The molecule has 0 aliphatic heterocycles. The number of benzene rings is 2. The summed E-state index contributed by atoms with van der Waals surface area (Å²) < 4.78 is 26.8. The lowest BCUT2D eigenvalue weighted by Crippen LogP contribution is -2.04. The Morgan fingerprint density at radius 1 is 1.20 bits per heavy atom. The van der Waals surface area contributed by atoms with Crippen molar-refractivity contribution in [3.05, 3.63) is 63.6 Å². The van der Waals surface area contributed by atoms with Crippen molar-refractivity contribution in [2.75, 3.05) is 5.32 Å². The van der Waals surface area contributed by atoms with E-state index in [4.69, 9.17) is 5.11 Å². The average Bonchev–Trinajstić information content (AvgIpc) is 2.38. The standard InChI is InChI=1S/C14H10BrF2NO2/c15-11-5-8(14(19)20)1-2-9(11)7-18-13-4-3-10(16)6-12(13)17/h1-6,18H,7H2,(H,19,20). The van der Waals surface area contributed by atoms with Crippen molar-refractivity contribution in [1.82, 2.24) is 0 Å². The summed E-state index contributed by atoms with van der Waals surface area (Å²) in [5.74, 6) is -2.34. The third-order valence-corrected chi connectivity index (χ3v) is 3.44. The molecule has 2 N–H and O–H groups in total. The average molecular weight is 342 g/mol. The molecule has 0 radical (unpaired) electrons. The first-order valence-corrected chi connectivity index (χ1v) is 6.47. The number of hydrogen-bond acceptors (Lipinski definition) is 2. The number of hydrogen-bond donors (Lipinski definition) is 2. The largest absolute Gasteiger partial charge is 0.478 e. The number of carboxylic acids is 1. The Hall–Kier alpha value is -1.95. The molecule has 20 heavy (non-hydrogen) atoms. The third-order valence-electron chi connectivity index (χ3n) is 2.70. The summed E-state index contributed by atoms with van der Waals surface area (Å²) >= 11 is 3.26. The molecule has 0 aliphatic carbocycles. The molecule has 6 heteroatoms. The maximum Gasteiger partial charge on any atom is 0.335 e. The van der Waals surface area contributed by atoms with Gasteiger partial charge in [-0.2, -0.15) is 0 Å². The molecular formula is C14H10BrF2NO2. The van der Waals surface area contributed by atoms with Crippen LogP contribution >= 0.6 is 15.9 Å². The van der Waals surface area contributed by atoms with Gasteiger partial charge in [-0.1, -0.05) is 22.0 Å². The first kappa shape index (κ1) is 14.5. The maximum absolute atomic E-state index is 13.4. The number of aromatic carboxylic acids is 1. The Morgan fingerprint density at radius 3 is 2.55 bits per heavy atom. The van der Waals surface area contributed by atoms with Gasteiger partial charge >= 0.3 is 5.97 Å². The second-order valence-corrected chi connectivity index (χ2v) is 4.94.